The molecule has 2 rings (SSSR count). The van der Waals surface area contributed by atoms with Crippen LogP contribution in [-0.4, -0.2) is 25.6 Å². The Hall–Kier alpha value is -1.62. The second-order valence-electron chi connectivity index (χ2n) is 4.35. The molecule has 0 saturated carbocycles. The van der Waals surface area contributed by atoms with Gasteiger partial charge in [-0.2, -0.15) is 0 Å². The Morgan fingerprint density at radius 2 is 2.18 bits per heavy atom. The quantitative estimate of drug-likeness (QED) is 0.891. The van der Waals surface area contributed by atoms with Crippen molar-refractivity contribution in [1.82, 2.24) is 14.5 Å². The first-order chi connectivity index (χ1) is 7.84. The van der Waals surface area contributed by atoms with Crippen LogP contribution >= 0.6 is 11.6 Å². The fourth-order valence-corrected chi connectivity index (χ4v) is 1.97. The van der Waals surface area contributed by atoms with E-state index in [2.05, 4.69) is 9.97 Å². The first-order valence-corrected chi connectivity index (χ1v) is 5.46. The molecule has 0 aliphatic heterocycles. The molecule has 5 nitrogen and oxygen atoms in total. The highest BCUT2D eigenvalue weighted by atomic mass is 35.5. The maximum Gasteiger partial charge on any atom is 0.329 e. The average molecular weight is 254 g/mol. The van der Waals surface area contributed by atoms with Crippen LogP contribution in [0.4, 0.5) is 0 Å². The fourth-order valence-electron chi connectivity index (χ4n) is 1.82. The third-order valence-electron chi connectivity index (χ3n) is 2.71. The number of aryl methyl sites for hydroxylation is 1. The van der Waals surface area contributed by atoms with Gasteiger partial charge in [-0.15, -0.1) is 0 Å². The third-order valence-corrected chi connectivity index (χ3v) is 2.92. The normalized spacial score (nSPS) is 12.0. The fraction of sp³-hybridized carbons (Fsp3) is 0.364. The van der Waals surface area contributed by atoms with E-state index in [1.54, 1.807) is 31.4 Å². The molecule has 0 atom stereocenters. The summed E-state index contributed by atoms with van der Waals surface area (Å²) in [6.07, 6.45) is 1.49. The van der Waals surface area contributed by atoms with Crippen LogP contribution in [0.5, 0.6) is 0 Å². The van der Waals surface area contributed by atoms with E-state index in [4.69, 9.17) is 11.6 Å². The molecule has 0 aromatic carbocycles. The first-order valence-electron chi connectivity index (χ1n) is 5.08. The number of carboxylic acid groups (broad SMARTS) is 1. The largest absolute Gasteiger partial charge is 0.480 e. The van der Waals surface area contributed by atoms with Crippen molar-refractivity contribution in [3.05, 3.63) is 23.1 Å². The molecule has 0 amide bonds. The van der Waals surface area contributed by atoms with Gasteiger partial charge in [-0.05, 0) is 26.8 Å². The molecule has 0 bridgehead atoms. The van der Waals surface area contributed by atoms with Gasteiger partial charge in [0.25, 0.3) is 0 Å². The van der Waals surface area contributed by atoms with Gasteiger partial charge in [0.2, 0.25) is 0 Å². The van der Waals surface area contributed by atoms with E-state index in [1.807, 2.05) is 0 Å². The molecule has 0 fully saturated rings. The number of nitrogens with zero attached hydrogens (tertiary/aromatic N) is 3. The number of rotatable bonds is 2. The van der Waals surface area contributed by atoms with Crippen LogP contribution < -0.4 is 0 Å². The van der Waals surface area contributed by atoms with Crippen molar-refractivity contribution in [3.8, 4) is 0 Å². The molecule has 2 aromatic rings. The van der Waals surface area contributed by atoms with Crippen LogP contribution in [0.1, 0.15) is 19.7 Å². The summed E-state index contributed by atoms with van der Waals surface area (Å²) >= 11 is 5.83. The predicted octanol–water partition coefficient (Wildman–Crippen LogP) is 2.21. The van der Waals surface area contributed by atoms with Gasteiger partial charge >= 0.3 is 5.97 Å². The Labute approximate surface area is 103 Å². The summed E-state index contributed by atoms with van der Waals surface area (Å²) < 4.78 is 1.60. The van der Waals surface area contributed by atoms with Crippen molar-refractivity contribution in [2.75, 3.05) is 0 Å². The molecule has 0 aliphatic carbocycles. The Bertz CT molecular complexity index is 604. The van der Waals surface area contributed by atoms with E-state index < -0.39 is 11.5 Å². The van der Waals surface area contributed by atoms with E-state index >= 15 is 0 Å². The van der Waals surface area contributed by atoms with Gasteiger partial charge in [0.15, 0.2) is 5.65 Å². The SMILES string of the molecule is Cc1nc2cc(Cl)cnc2n1C(C)(C)C(=O)O. The molecule has 6 heteroatoms. The Morgan fingerprint density at radius 3 is 2.76 bits per heavy atom. The zero-order valence-corrected chi connectivity index (χ0v) is 10.5. The zero-order valence-electron chi connectivity index (χ0n) is 9.73. The maximum atomic E-state index is 11.3. The highest BCUT2D eigenvalue weighted by molar-refractivity contribution is 6.31. The van der Waals surface area contributed by atoms with E-state index in [1.165, 1.54) is 6.20 Å². The number of carboxylic acids is 1. The summed E-state index contributed by atoms with van der Waals surface area (Å²) in [6, 6.07) is 1.67. The van der Waals surface area contributed by atoms with Gasteiger partial charge in [-0.25, -0.2) is 14.8 Å². The molecule has 0 spiro atoms. The van der Waals surface area contributed by atoms with Crippen molar-refractivity contribution in [1.29, 1.82) is 0 Å². The lowest BCUT2D eigenvalue weighted by molar-refractivity contribution is -0.145. The number of halogens is 1. The van der Waals surface area contributed by atoms with E-state index in [0.717, 1.165) is 0 Å². The summed E-state index contributed by atoms with van der Waals surface area (Å²) in [4.78, 5) is 19.7. The predicted molar refractivity (Wildman–Crippen MR) is 64.2 cm³/mol. The number of pyridine rings is 1. The van der Waals surface area contributed by atoms with Crippen LogP contribution in [0, 0.1) is 6.92 Å². The van der Waals surface area contributed by atoms with E-state index in [9.17, 15) is 9.90 Å². The van der Waals surface area contributed by atoms with Crippen LogP contribution in [0.25, 0.3) is 11.2 Å². The number of hydrogen-bond donors (Lipinski definition) is 1. The highest BCUT2D eigenvalue weighted by Gasteiger charge is 2.32. The monoisotopic (exact) mass is 253 g/mol. The minimum absolute atomic E-state index is 0.482. The number of aromatic nitrogens is 3. The lowest BCUT2D eigenvalue weighted by Gasteiger charge is -2.23. The van der Waals surface area contributed by atoms with Crippen LogP contribution in [0.3, 0.4) is 0 Å². The van der Waals surface area contributed by atoms with Crippen LogP contribution in [-0.2, 0) is 10.3 Å². The minimum Gasteiger partial charge on any atom is -0.480 e. The lowest BCUT2D eigenvalue weighted by atomic mass is 10.1. The Morgan fingerprint density at radius 1 is 1.53 bits per heavy atom. The second-order valence-corrected chi connectivity index (χ2v) is 4.79. The summed E-state index contributed by atoms with van der Waals surface area (Å²) in [7, 11) is 0. The van der Waals surface area contributed by atoms with Crippen molar-refractivity contribution in [2.24, 2.45) is 0 Å². The topological polar surface area (TPSA) is 68.0 Å². The van der Waals surface area contributed by atoms with Crippen molar-refractivity contribution >= 4 is 28.7 Å². The van der Waals surface area contributed by atoms with Gasteiger partial charge in [0.05, 0.1) is 5.02 Å². The lowest BCUT2D eigenvalue weighted by Crippen LogP contribution is -2.36. The number of fused-ring (bicyclic) bond motifs is 1. The zero-order chi connectivity index (χ0) is 12.8. The smallest absolute Gasteiger partial charge is 0.329 e. The van der Waals surface area contributed by atoms with Gasteiger partial charge in [0.1, 0.15) is 16.9 Å². The molecule has 2 aromatic heterocycles. The maximum absolute atomic E-state index is 11.3. The summed E-state index contributed by atoms with van der Waals surface area (Å²) in [5, 5.41) is 9.73. The Kier molecular flexibility index (Phi) is 2.58. The molecule has 0 radical (unpaired) electrons. The third kappa shape index (κ3) is 1.76. The van der Waals surface area contributed by atoms with E-state index in [-0.39, 0.29) is 0 Å². The first kappa shape index (κ1) is 11.9. The van der Waals surface area contributed by atoms with Gasteiger partial charge < -0.3 is 5.11 Å². The number of carbonyl (C=O) groups is 1. The van der Waals surface area contributed by atoms with Gasteiger partial charge in [0, 0.05) is 6.20 Å². The van der Waals surface area contributed by atoms with E-state index in [0.29, 0.717) is 22.0 Å². The van der Waals surface area contributed by atoms with Crippen molar-refractivity contribution < 1.29 is 9.90 Å². The molecular formula is C11H12ClN3O2. The summed E-state index contributed by atoms with van der Waals surface area (Å²) in [5.41, 5.74) is 0.0308. The van der Waals surface area contributed by atoms with Crippen LogP contribution in [0.2, 0.25) is 5.02 Å². The molecule has 0 unspecified atom stereocenters. The van der Waals surface area contributed by atoms with Crippen molar-refractivity contribution in [3.63, 3.8) is 0 Å². The summed E-state index contributed by atoms with van der Waals surface area (Å²) in [5.74, 6) is -0.334. The standard InChI is InChI=1S/C11H12ClN3O2/c1-6-14-8-4-7(12)5-13-9(8)15(6)11(2,3)10(16)17/h4-5H,1-3H3,(H,16,17). The molecule has 1 N–H and O–H groups in total. The van der Waals surface area contributed by atoms with Gasteiger partial charge in [-0.1, -0.05) is 11.6 Å². The Balaban J connectivity index is 2.78. The molecule has 2 heterocycles. The molecular weight excluding hydrogens is 242 g/mol. The number of hydrogen-bond acceptors (Lipinski definition) is 3. The van der Waals surface area contributed by atoms with Crippen LogP contribution in [0.15, 0.2) is 12.3 Å². The number of aliphatic carboxylic acids is 1. The molecule has 90 valence electrons. The summed E-state index contributed by atoms with van der Waals surface area (Å²) in [6.45, 7) is 4.97. The molecule has 17 heavy (non-hydrogen) atoms. The molecule has 0 saturated heterocycles. The second kappa shape index (κ2) is 3.70. The van der Waals surface area contributed by atoms with Crippen molar-refractivity contribution in [2.45, 2.75) is 26.3 Å². The highest BCUT2D eigenvalue weighted by Crippen LogP contribution is 2.25. The molecule has 0 aliphatic rings. The number of imidazole rings is 1. The van der Waals surface area contributed by atoms with Gasteiger partial charge in [-0.3, -0.25) is 4.57 Å². The minimum atomic E-state index is -1.10. The average Bonchev–Trinajstić information content (AvgIpc) is 2.53.